The van der Waals surface area contributed by atoms with E-state index >= 15 is 0 Å². The number of aromatic nitrogens is 1. The molecule has 2 aromatic rings. The zero-order chi connectivity index (χ0) is 12.3. The number of furan rings is 1. The van der Waals surface area contributed by atoms with Crippen molar-refractivity contribution >= 4 is 11.3 Å². The molecule has 0 amide bonds. The molecule has 17 heavy (non-hydrogen) atoms. The van der Waals surface area contributed by atoms with Gasteiger partial charge in [-0.1, -0.05) is 13.8 Å². The fourth-order valence-corrected chi connectivity index (χ4v) is 2.30. The van der Waals surface area contributed by atoms with Crippen molar-refractivity contribution in [3.63, 3.8) is 0 Å². The van der Waals surface area contributed by atoms with Gasteiger partial charge in [0.15, 0.2) is 5.76 Å². The molecule has 3 nitrogen and oxygen atoms in total. The van der Waals surface area contributed by atoms with Gasteiger partial charge in [-0.25, -0.2) is 4.98 Å². The van der Waals surface area contributed by atoms with Crippen molar-refractivity contribution in [2.45, 2.75) is 27.3 Å². The molecule has 0 unspecified atom stereocenters. The van der Waals surface area contributed by atoms with Crippen molar-refractivity contribution in [3.05, 3.63) is 28.3 Å². The molecule has 2 aromatic heterocycles. The van der Waals surface area contributed by atoms with E-state index in [1.165, 1.54) is 0 Å². The van der Waals surface area contributed by atoms with Gasteiger partial charge in [0.25, 0.3) is 0 Å². The maximum absolute atomic E-state index is 5.55. The summed E-state index contributed by atoms with van der Waals surface area (Å²) >= 11 is 1.67. The highest BCUT2D eigenvalue weighted by molar-refractivity contribution is 7.09. The van der Waals surface area contributed by atoms with Crippen molar-refractivity contribution in [1.29, 1.82) is 0 Å². The summed E-state index contributed by atoms with van der Waals surface area (Å²) in [5.41, 5.74) is 0.935. The molecular formula is C13H18N2OS. The van der Waals surface area contributed by atoms with Crippen LogP contribution in [0.15, 0.2) is 21.9 Å². The largest absolute Gasteiger partial charge is 0.460 e. The summed E-state index contributed by atoms with van der Waals surface area (Å²) in [6, 6.07) is 3.93. The van der Waals surface area contributed by atoms with Crippen LogP contribution in [0.4, 0.5) is 0 Å². The fourth-order valence-electron chi connectivity index (χ4n) is 1.55. The van der Waals surface area contributed by atoms with Crippen LogP contribution < -0.4 is 5.32 Å². The van der Waals surface area contributed by atoms with Crippen LogP contribution in [0.25, 0.3) is 11.5 Å². The molecule has 0 saturated carbocycles. The lowest BCUT2D eigenvalue weighted by atomic mass is 10.2. The Hall–Kier alpha value is -1.13. The molecule has 92 valence electrons. The molecule has 0 bridgehead atoms. The lowest BCUT2D eigenvalue weighted by Crippen LogP contribution is -2.18. The van der Waals surface area contributed by atoms with Gasteiger partial charge in [0.2, 0.25) is 0 Å². The highest BCUT2D eigenvalue weighted by Gasteiger charge is 2.07. The number of aryl methyl sites for hydroxylation is 1. The number of thiazole rings is 1. The van der Waals surface area contributed by atoms with Crippen molar-refractivity contribution in [1.82, 2.24) is 10.3 Å². The minimum atomic E-state index is 0.669. The molecule has 0 aliphatic rings. The van der Waals surface area contributed by atoms with Crippen molar-refractivity contribution < 1.29 is 4.42 Å². The zero-order valence-electron chi connectivity index (χ0n) is 10.5. The summed E-state index contributed by atoms with van der Waals surface area (Å²) in [7, 11) is 0. The molecule has 0 aromatic carbocycles. The van der Waals surface area contributed by atoms with Crippen LogP contribution in [0.1, 0.15) is 24.6 Å². The molecule has 0 saturated heterocycles. The number of hydrogen-bond donors (Lipinski definition) is 1. The summed E-state index contributed by atoms with van der Waals surface area (Å²) in [6.07, 6.45) is 0. The third kappa shape index (κ3) is 3.41. The SMILES string of the molecule is Cc1ccc(-c2csc(CNCC(C)C)n2)o1. The van der Waals surface area contributed by atoms with Gasteiger partial charge >= 0.3 is 0 Å². The topological polar surface area (TPSA) is 38.1 Å². The van der Waals surface area contributed by atoms with Crippen LogP contribution in [0.5, 0.6) is 0 Å². The molecule has 0 aliphatic carbocycles. The van der Waals surface area contributed by atoms with Crippen molar-refractivity contribution in [2.24, 2.45) is 5.92 Å². The van der Waals surface area contributed by atoms with Gasteiger partial charge in [-0.3, -0.25) is 0 Å². The molecule has 0 spiro atoms. The zero-order valence-corrected chi connectivity index (χ0v) is 11.3. The van der Waals surface area contributed by atoms with Crippen molar-refractivity contribution in [2.75, 3.05) is 6.54 Å². The Morgan fingerprint density at radius 3 is 2.88 bits per heavy atom. The van der Waals surface area contributed by atoms with E-state index < -0.39 is 0 Å². The minimum absolute atomic E-state index is 0.669. The van der Waals surface area contributed by atoms with E-state index in [0.29, 0.717) is 5.92 Å². The molecule has 4 heteroatoms. The second kappa shape index (κ2) is 5.47. The maximum Gasteiger partial charge on any atom is 0.153 e. The van der Waals surface area contributed by atoms with Gasteiger partial charge in [-0.15, -0.1) is 11.3 Å². The van der Waals surface area contributed by atoms with Gasteiger partial charge in [0.05, 0.1) is 0 Å². The summed E-state index contributed by atoms with van der Waals surface area (Å²) in [5, 5.41) is 6.54. The Kier molecular flexibility index (Phi) is 3.97. The van der Waals surface area contributed by atoms with E-state index in [9.17, 15) is 0 Å². The first-order chi connectivity index (χ1) is 8.15. The number of nitrogens with one attached hydrogen (secondary N) is 1. The van der Waals surface area contributed by atoms with Crippen LogP contribution in [0, 0.1) is 12.8 Å². The summed E-state index contributed by atoms with van der Waals surface area (Å²) in [6.45, 7) is 8.20. The van der Waals surface area contributed by atoms with E-state index in [1.807, 2.05) is 24.4 Å². The van der Waals surface area contributed by atoms with Crippen LogP contribution in [0.3, 0.4) is 0 Å². The average molecular weight is 250 g/mol. The Balaban J connectivity index is 1.96. The highest BCUT2D eigenvalue weighted by atomic mass is 32.1. The lowest BCUT2D eigenvalue weighted by molar-refractivity contribution is 0.544. The molecule has 2 heterocycles. The van der Waals surface area contributed by atoms with E-state index in [-0.39, 0.29) is 0 Å². The van der Waals surface area contributed by atoms with E-state index in [0.717, 1.165) is 35.3 Å². The van der Waals surface area contributed by atoms with Gasteiger partial charge in [-0.05, 0) is 31.5 Å². The first kappa shape index (κ1) is 12.3. The number of rotatable bonds is 5. The predicted octanol–water partition coefficient (Wildman–Crippen LogP) is 3.46. The van der Waals surface area contributed by atoms with E-state index in [4.69, 9.17) is 4.42 Å². The molecule has 0 radical (unpaired) electrons. The van der Waals surface area contributed by atoms with Gasteiger partial charge < -0.3 is 9.73 Å². The molecule has 2 rings (SSSR count). The third-order valence-corrected chi connectivity index (χ3v) is 3.22. The van der Waals surface area contributed by atoms with E-state index in [1.54, 1.807) is 11.3 Å². The Labute approximate surface area is 106 Å². The molecule has 0 aliphatic heterocycles. The van der Waals surface area contributed by atoms with Crippen LogP contribution in [-0.4, -0.2) is 11.5 Å². The predicted molar refractivity (Wildman–Crippen MR) is 71.1 cm³/mol. The molecular weight excluding hydrogens is 232 g/mol. The fraction of sp³-hybridized carbons (Fsp3) is 0.462. The molecule has 1 N–H and O–H groups in total. The maximum atomic E-state index is 5.55. The lowest BCUT2D eigenvalue weighted by Gasteiger charge is -2.04. The Morgan fingerprint density at radius 2 is 2.24 bits per heavy atom. The standard InChI is InChI=1S/C13H18N2OS/c1-9(2)6-14-7-13-15-11(8-17-13)12-5-4-10(3)16-12/h4-5,8-9,14H,6-7H2,1-3H3. The van der Waals surface area contributed by atoms with E-state index in [2.05, 4.69) is 24.1 Å². The molecule has 0 fully saturated rings. The van der Waals surface area contributed by atoms with Crippen molar-refractivity contribution in [3.8, 4) is 11.5 Å². The number of nitrogens with zero attached hydrogens (tertiary/aromatic N) is 1. The summed E-state index contributed by atoms with van der Waals surface area (Å²) in [5.74, 6) is 2.45. The monoisotopic (exact) mass is 250 g/mol. The van der Waals surface area contributed by atoms with Gasteiger partial charge in [0.1, 0.15) is 16.5 Å². The van der Waals surface area contributed by atoms with Gasteiger partial charge in [-0.2, -0.15) is 0 Å². The Bertz CT molecular complexity index is 473. The van der Waals surface area contributed by atoms with Crippen LogP contribution in [-0.2, 0) is 6.54 Å². The second-order valence-electron chi connectivity index (χ2n) is 4.56. The van der Waals surface area contributed by atoms with Crippen LogP contribution in [0.2, 0.25) is 0 Å². The normalized spacial score (nSPS) is 11.3. The average Bonchev–Trinajstić information content (AvgIpc) is 2.86. The third-order valence-electron chi connectivity index (χ3n) is 2.37. The summed E-state index contributed by atoms with van der Waals surface area (Å²) in [4.78, 5) is 4.55. The first-order valence-electron chi connectivity index (χ1n) is 5.87. The highest BCUT2D eigenvalue weighted by Crippen LogP contribution is 2.23. The second-order valence-corrected chi connectivity index (χ2v) is 5.50. The quantitative estimate of drug-likeness (QED) is 0.883. The Morgan fingerprint density at radius 1 is 1.41 bits per heavy atom. The smallest absolute Gasteiger partial charge is 0.153 e. The first-order valence-corrected chi connectivity index (χ1v) is 6.75. The summed E-state index contributed by atoms with van der Waals surface area (Å²) < 4.78 is 5.55. The van der Waals surface area contributed by atoms with Crippen LogP contribution >= 0.6 is 11.3 Å². The van der Waals surface area contributed by atoms with Gasteiger partial charge in [0, 0.05) is 11.9 Å². The number of hydrogen-bond acceptors (Lipinski definition) is 4. The minimum Gasteiger partial charge on any atom is -0.460 e. The molecule has 0 atom stereocenters.